The second kappa shape index (κ2) is 11.2. The summed E-state index contributed by atoms with van der Waals surface area (Å²) in [5, 5.41) is 0. The highest BCUT2D eigenvalue weighted by molar-refractivity contribution is 5.56. The molecule has 0 aromatic carbocycles. The van der Waals surface area contributed by atoms with Crippen LogP contribution >= 0.6 is 0 Å². The van der Waals surface area contributed by atoms with E-state index in [1.54, 1.807) is 0 Å². The molecule has 1 nitrogen and oxygen atoms in total. The zero-order valence-corrected chi connectivity index (χ0v) is 10.1. The summed E-state index contributed by atoms with van der Waals surface area (Å²) in [7, 11) is 0. The molecule has 0 amide bonds. The van der Waals surface area contributed by atoms with E-state index in [1.165, 1.54) is 25.7 Å². The van der Waals surface area contributed by atoms with Gasteiger partial charge >= 0.3 is 0 Å². The number of hydrogen-bond donors (Lipinski definition) is 0. The molecule has 1 unspecified atom stereocenters. The molecule has 15 heavy (non-hydrogen) atoms. The first-order valence-corrected chi connectivity index (χ1v) is 6.06. The minimum Gasteiger partial charge on any atom is -0.298 e. The van der Waals surface area contributed by atoms with Crippen LogP contribution in [0.3, 0.4) is 0 Å². The van der Waals surface area contributed by atoms with Crippen LogP contribution in [-0.2, 0) is 0 Å². The predicted octanol–water partition coefficient (Wildman–Crippen LogP) is 4.41. The van der Waals surface area contributed by atoms with E-state index in [4.69, 9.17) is 0 Å². The number of unbranched alkanes of at least 4 members (excludes halogenated alkanes) is 2. The third kappa shape index (κ3) is 9.45. The van der Waals surface area contributed by atoms with E-state index in [2.05, 4.69) is 31.3 Å². The van der Waals surface area contributed by atoms with Crippen LogP contribution in [0.4, 0.5) is 0 Å². The minimum atomic E-state index is 0.603. The van der Waals surface area contributed by atoms with Crippen molar-refractivity contribution in [2.24, 2.45) is 10.9 Å². The van der Waals surface area contributed by atoms with Gasteiger partial charge in [0.1, 0.15) is 0 Å². The van der Waals surface area contributed by atoms with Crippen LogP contribution < -0.4 is 0 Å². The summed E-state index contributed by atoms with van der Waals surface area (Å²) in [6.07, 6.45) is 13.1. The highest BCUT2D eigenvalue weighted by Crippen LogP contribution is 2.13. The van der Waals surface area contributed by atoms with Crippen molar-refractivity contribution in [3.05, 3.63) is 25.3 Å². The Hall–Kier alpha value is -0.850. The van der Waals surface area contributed by atoms with Crippen molar-refractivity contribution in [2.45, 2.75) is 45.4 Å². The topological polar surface area (TPSA) is 12.4 Å². The van der Waals surface area contributed by atoms with Gasteiger partial charge in [0.15, 0.2) is 0 Å². The lowest BCUT2D eigenvalue weighted by atomic mass is 9.99. The molecule has 0 rings (SSSR count). The van der Waals surface area contributed by atoms with Gasteiger partial charge in [0.2, 0.25) is 0 Å². The molecule has 0 radical (unpaired) electrons. The Morgan fingerprint density at radius 3 is 2.67 bits per heavy atom. The Balaban J connectivity index is 3.38. The Morgan fingerprint density at radius 1 is 1.27 bits per heavy atom. The number of rotatable bonds is 10. The normalized spacial score (nSPS) is 12.9. The van der Waals surface area contributed by atoms with Crippen molar-refractivity contribution in [1.29, 1.82) is 0 Å². The van der Waals surface area contributed by atoms with E-state index in [-0.39, 0.29) is 0 Å². The maximum absolute atomic E-state index is 4.36. The van der Waals surface area contributed by atoms with Crippen LogP contribution in [0.2, 0.25) is 0 Å². The third-order valence-corrected chi connectivity index (χ3v) is 2.48. The van der Waals surface area contributed by atoms with E-state index in [0.717, 1.165) is 19.4 Å². The highest BCUT2D eigenvalue weighted by atomic mass is 14.7. The Morgan fingerprint density at radius 2 is 2.07 bits per heavy atom. The molecule has 0 saturated heterocycles. The van der Waals surface area contributed by atoms with E-state index < -0.39 is 0 Å². The van der Waals surface area contributed by atoms with Crippen LogP contribution in [0.1, 0.15) is 45.4 Å². The lowest BCUT2D eigenvalue weighted by Gasteiger charge is -2.07. The van der Waals surface area contributed by atoms with E-state index in [1.807, 2.05) is 12.2 Å². The molecule has 0 fully saturated rings. The fourth-order valence-electron chi connectivity index (χ4n) is 1.45. The first-order chi connectivity index (χ1) is 7.35. The Labute approximate surface area is 95.0 Å². The third-order valence-electron chi connectivity index (χ3n) is 2.48. The van der Waals surface area contributed by atoms with Crippen molar-refractivity contribution in [1.82, 2.24) is 0 Å². The van der Waals surface area contributed by atoms with E-state index >= 15 is 0 Å². The molecule has 0 aliphatic carbocycles. The zero-order chi connectivity index (χ0) is 11.4. The lowest BCUT2D eigenvalue weighted by Crippen LogP contribution is -1.94. The molecule has 0 bridgehead atoms. The monoisotopic (exact) mass is 207 g/mol. The van der Waals surface area contributed by atoms with Crippen LogP contribution in [0.15, 0.2) is 30.3 Å². The predicted molar refractivity (Wildman–Crippen MR) is 70.6 cm³/mol. The van der Waals surface area contributed by atoms with Crippen LogP contribution in [0.25, 0.3) is 0 Å². The van der Waals surface area contributed by atoms with Gasteiger partial charge in [-0.3, -0.25) is 4.99 Å². The van der Waals surface area contributed by atoms with Gasteiger partial charge in [0.05, 0.1) is 0 Å². The van der Waals surface area contributed by atoms with Gasteiger partial charge < -0.3 is 0 Å². The van der Waals surface area contributed by atoms with Crippen molar-refractivity contribution in [3.8, 4) is 0 Å². The second-order valence-electron chi connectivity index (χ2n) is 3.89. The number of nitrogens with zero attached hydrogens (tertiary/aromatic N) is 1. The molecule has 0 aliphatic rings. The minimum absolute atomic E-state index is 0.603. The Kier molecular flexibility index (Phi) is 10.6. The van der Waals surface area contributed by atoms with Crippen molar-refractivity contribution < 1.29 is 0 Å². The molecular formula is C14H25N. The van der Waals surface area contributed by atoms with Crippen LogP contribution in [0, 0.1) is 5.92 Å². The summed E-state index contributed by atoms with van der Waals surface area (Å²) in [6, 6.07) is 0. The van der Waals surface area contributed by atoms with Crippen molar-refractivity contribution in [3.63, 3.8) is 0 Å². The molecule has 1 atom stereocenters. The SMILES string of the molecule is C=CCC(C=C)CCC/C=N/CCCC. The van der Waals surface area contributed by atoms with E-state index in [9.17, 15) is 0 Å². The fraction of sp³-hybridized carbons (Fsp3) is 0.643. The molecule has 1 heteroatoms. The smallest absolute Gasteiger partial charge is 0.0385 e. The molecule has 0 spiro atoms. The zero-order valence-electron chi connectivity index (χ0n) is 10.1. The number of aliphatic imine (C=N–C) groups is 1. The maximum Gasteiger partial charge on any atom is 0.0385 e. The number of allylic oxidation sites excluding steroid dienone is 2. The summed E-state index contributed by atoms with van der Waals surface area (Å²) < 4.78 is 0. The molecule has 0 N–H and O–H groups in total. The first kappa shape index (κ1) is 14.2. The van der Waals surface area contributed by atoms with Crippen molar-refractivity contribution >= 4 is 6.21 Å². The average molecular weight is 207 g/mol. The van der Waals surface area contributed by atoms with Gasteiger partial charge in [-0.05, 0) is 44.2 Å². The van der Waals surface area contributed by atoms with Gasteiger partial charge in [-0.25, -0.2) is 0 Å². The van der Waals surface area contributed by atoms with Gasteiger partial charge in [0, 0.05) is 6.54 Å². The highest BCUT2D eigenvalue weighted by Gasteiger charge is 1.99. The molecule has 0 heterocycles. The molecule has 0 saturated carbocycles. The fourth-order valence-corrected chi connectivity index (χ4v) is 1.45. The lowest BCUT2D eigenvalue weighted by molar-refractivity contribution is 0.579. The van der Waals surface area contributed by atoms with Gasteiger partial charge in [-0.1, -0.05) is 25.5 Å². The maximum atomic E-state index is 4.36. The molecule has 0 aromatic heterocycles. The number of hydrogen-bond acceptors (Lipinski definition) is 1. The van der Waals surface area contributed by atoms with Crippen LogP contribution in [-0.4, -0.2) is 12.8 Å². The van der Waals surface area contributed by atoms with Gasteiger partial charge in [0.25, 0.3) is 0 Å². The molecule has 0 aliphatic heterocycles. The van der Waals surface area contributed by atoms with Crippen molar-refractivity contribution in [2.75, 3.05) is 6.54 Å². The van der Waals surface area contributed by atoms with E-state index in [0.29, 0.717) is 5.92 Å². The van der Waals surface area contributed by atoms with Crippen LogP contribution in [0.5, 0.6) is 0 Å². The standard InChI is InChI=1S/C14H25N/c1-4-7-12-15-13-9-8-11-14(6-3)10-5-2/h5-6,13-14H,2-4,7-12H2,1H3/b15-13+. The summed E-state index contributed by atoms with van der Waals surface area (Å²) in [5.41, 5.74) is 0. The summed E-state index contributed by atoms with van der Waals surface area (Å²) in [5.74, 6) is 0.603. The summed E-state index contributed by atoms with van der Waals surface area (Å²) >= 11 is 0. The second-order valence-corrected chi connectivity index (χ2v) is 3.89. The quantitative estimate of drug-likeness (QED) is 0.286. The van der Waals surface area contributed by atoms with Gasteiger partial charge in [-0.15, -0.1) is 13.2 Å². The average Bonchev–Trinajstić information content (AvgIpc) is 2.26. The van der Waals surface area contributed by atoms with Gasteiger partial charge in [-0.2, -0.15) is 0 Å². The molecule has 86 valence electrons. The first-order valence-electron chi connectivity index (χ1n) is 6.06. The molecular weight excluding hydrogens is 182 g/mol. The summed E-state index contributed by atoms with van der Waals surface area (Å²) in [6.45, 7) is 10.8. The Bertz CT molecular complexity index is 182. The molecule has 0 aromatic rings. The summed E-state index contributed by atoms with van der Waals surface area (Å²) in [4.78, 5) is 4.36. The largest absolute Gasteiger partial charge is 0.298 e.